The highest BCUT2D eigenvalue weighted by molar-refractivity contribution is 5.84. The topological polar surface area (TPSA) is 271 Å². The fraction of sp³-hybridized carbons (Fsp3) is 0.833. The molecule has 0 aliphatic carbocycles. The number of carboxylic acid groups (broad SMARTS) is 2. The Kier molecular flexibility index (Phi) is 38.2. The van der Waals surface area contributed by atoms with Crippen LogP contribution in [0.1, 0.15) is 142 Å². The van der Waals surface area contributed by atoms with E-state index in [1.54, 1.807) is 0 Å². The molecular weight excluding hydrogens is 782 g/mol. The van der Waals surface area contributed by atoms with Gasteiger partial charge < -0.3 is 56.2 Å². The van der Waals surface area contributed by atoms with Crippen molar-refractivity contribution in [3.63, 3.8) is 0 Å². The first kappa shape index (κ1) is 56.3. The van der Waals surface area contributed by atoms with E-state index in [4.69, 9.17) is 29.8 Å². The van der Waals surface area contributed by atoms with Crippen molar-refractivity contribution in [2.45, 2.75) is 154 Å². The van der Waals surface area contributed by atoms with Crippen molar-refractivity contribution in [2.24, 2.45) is 5.73 Å². The van der Waals surface area contributed by atoms with Gasteiger partial charge in [0.1, 0.15) is 25.0 Å². The van der Waals surface area contributed by atoms with Gasteiger partial charge >= 0.3 is 11.9 Å². The maximum Gasteiger partial charge on any atom is 0.326 e. The number of rotatable bonds is 44. The average molecular weight is 860 g/mol. The Morgan fingerprint density at radius 1 is 0.467 bits per heavy atom. The number of ether oxygens (including phenoxy) is 4. The number of unbranched alkanes of at least 4 members (excludes halogenated alkanes) is 14. The number of hydrogen-bond donors (Lipinski definition) is 7. The number of Topliss-reactive ketones (excluding diaryl/α,β-unsaturated/α-hetero) is 1. The lowest BCUT2D eigenvalue weighted by Crippen LogP contribution is -2.41. The summed E-state index contributed by atoms with van der Waals surface area (Å²) in [6, 6.07) is -1.59. The predicted octanol–water partition coefficient (Wildman–Crippen LogP) is 3.16. The number of carboxylic acids is 2. The van der Waals surface area contributed by atoms with Crippen LogP contribution in [0.2, 0.25) is 0 Å². The number of carbonyl (C=O) groups excluding carboxylic acids is 5. The molecule has 18 heteroatoms. The summed E-state index contributed by atoms with van der Waals surface area (Å²) in [4.78, 5) is 81.4. The number of nitrogens with one attached hydrogen (secondary N) is 4. The molecule has 0 aliphatic rings. The van der Waals surface area contributed by atoms with E-state index in [-0.39, 0.29) is 121 Å². The molecule has 0 bridgehead atoms. The molecule has 18 nitrogen and oxygen atoms in total. The summed E-state index contributed by atoms with van der Waals surface area (Å²) in [5, 5.41) is 28.7. The normalized spacial score (nSPS) is 12.0. The Balaban J connectivity index is 3.65. The van der Waals surface area contributed by atoms with Gasteiger partial charge in [-0.2, -0.15) is 0 Å². The van der Waals surface area contributed by atoms with Gasteiger partial charge in [-0.05, 0) is 45.4 Å². The predicted molar refractivity (Wildman–Crippen MR) is 225 cm³/mol. The summed E-state index contributed by atoms with van der Waals surface area (Å²) in [6.45, 7) is 3.49. The molecule has 0 radical (unpaired) electrons. The third-order valence-electron chi connectivity index (χ3n) is 9.47. The van der Waals surface area contributed by atoms with Crippen LogP contribution in [0.4, 0.5) is 0 Å². The molecule has 0 aromatic rings. The Morgan fingerprint density at radius 2 is 0.900 bits per heavy atom. The minimum atomic E-state index is -1.18. The zero-order chi connectivity index (χ0) is 44.5. The molecule has 60 heavy (non-hydrogen) atoms. The first-order chi connectivity index (χ1) is 28.9. The van der Waals surface area contributed by atoms with Crippen molar-refractivity contribution < 1.29 is 62.7 Å². The second-order valence-corrected chi connectivity index (χ2v) is 14.9. The van der Waals surface area contributed by atoms with E-state index in [0.717, 1.165) is 51.4 Å². The van der Waals surface area contributed by atoms with Crippen LogP contribution in [0, 0.1) is 0 Å². The first-order valence-electron chi connectivity index (χ1n) is 22.0. The number of aliphatic carboxylic acids is 2. The van der Waals surface area contributed by atoms with Gasteiger partial charge in [-0.1, -0.05) is 77.0 Å². The molecule has 0 heterocycles. The van der Waals surface area contributed by atoms with Crippen LogP contribution >= 0.6 is 0 Å². The lowest BCUT2D eigenvalue weighted by atomic mass is 10.0. The van der Waals surface area contributed by atoms with E-state index in [1.165, 1.54) is 51.9 Å². The minimum absolute atomic E-state index is 0.0271. The van der Waals surface area contributed by atoms with Crippen molar-refractivity contribution in [1.82, 2.24) is 21.3 Å². The number of hydrogen-bond acceptors (Lipinski definition) is 12. The highest BCUT2D eigenvalue weighted by Gasteiger charge is 2.21. The molecule has 8 N–H and O–H groups in total. The van der Waals surface area contributed by atoms with Crippen LogP contribution in [0.15, 0.2) is 0 Å². The quantitative estimate of drug-likeness (QED) is 0.0434. The highest BCUT2D eigenvalue weighted by Crippen LogP contribution is 2.14. The third kappa shape index (κ3) is 39.7. The average Bonchev–Trinajstić information content (AvgIpc) is 3.20. The smallest absolute Gasteiger partial charge is 0.326 e. The molecule has 0 saturated carbocycles. The fourth-order valence-corrected chi connectivity index (χ4v) is 5.89. The van der Waals surface area contributed by atoms with Crippen LogP contribution in [-0.4, -0.2) is 136 Å². The van der Waals surface area contributed by atoms with Crippen LogP contribution in [0.25, 0.3) is 0 Å². The molecule has 348 valence electrons. The van der Waals surface area contributed by atoms with E-state index in [1.807, 2.05) is 0 Å². The van der Waals surface area contributed by atoms with Crippen LogP contribution < -0.4 is 27.0 Å². The molecule has 0 aliphatic heterocycles. The molecule has 0 rings (SSSR count). The van der Waals surface area contributed by atoms with Gasteiger partial charge in [0, 0.05) is 38.9 Å². The lowest BCUT2D eigenvalue weighted by molar-refractivity contribution is -0.142. The molecule has 0 spiro atoms. The summed E-state index contributed by atoms with van der Waals surface area (Å²) in [5.74, 6) is -3.19. The van der Waals surface area contributed by atoms with Crippen molar-refractivity contribution in [1.29, 1.82) is 0 Å². The van der Waals surface area contributed by atoms with Gasteiger partial charge in [-0.15, -0.1) is 0 Å². The van der Waals surface area contributed by atoms with E-state index >= 15 is 0 Å². The second kappa shape index (κ2) is 40.7. The van der Waals surface area contributed by atoms with Gasteiger partial charge in [0.15, 0.2) is 0 Å². The third-order valence-corrected chi connectivity index (χ3v) is 9.47. The number of amides is 4. The van der Waals surface area contributed by atoms with Crippen molar-refractivity contribution >= 4 is 41.4 Å². The van der Waals surface area contributed by atoms with Gasteiger partial charge in [0.25, 0.3) is 0 Å². The van der Waals surface area contributed by atoms with Crippen molar-refractivity contribution in [3.05, 3.63) is 0 Å². The van der Waals surface area contributed by atoms with Gasteiger partial charge in [-0.25, -0.2) is 4.79 Å². The molecule has 2 atom stereocenters. The minimum Gasteiger partial charge on any atom is -0.481 e. The summed E-state index contributed by atoms with van der Waals surface area (Å²) < 4.78 is 21.3. The number of nitrogens with two attached hydrogens (primary N) is 1. The molecule has 0 fully saturated rings. The van der Waals surface area contributed by atoms with Crippen LogP contribution in [0.3, 0.4) is 0 Å². The van der Waals surface area contributed by atoms with E-state index in [9.17, 15) is 38.7 Å². The van der Waals surface area contributed by atoms with Gasteiger partial charge in [-0.3, -0.25) is 28.8 Å². The largest absolute Gasteiger partial charge is 0.481 e. The Morgan fingerprint density at radius 3 is 1.37 bits per heavy atom. The van der Waals surface area contributed by atoms with Crippen molar-refractivity contribution in [3.8, 4) is 0 Å². The van der Waals surface area contributed by atoms with Crippen molar-refractivity contribution in [2.75, 3.05) is 72.5 Å². The van der Waals surface area contributed by atoms with E-state index < -0.39 is 24.0 Å². The molecule has 4 amide bonds. The SMILES string of the molecule is CC(=O)[C@@H](N)CCCCNC(=O)COCCOCCNC(=O)COCCOCCNC(=O)CC[C@H](NC(=O)CCCCCCCCCCCCCCCCC(=O)O)C(=O)O. The van der Waals surface area contributed by atoms with Gasteiger partial charge in [0.05, 0.1) is 45.7 Å². The van der Waals surface area contributed by atoms with E-state index in [0.29, 0.717) is 19.4 Å². The number of ketones is 1. The van der Waals surface area contributed by atoms with Crippen LogP contribution in [-0.2, 0) is 52.5 Å². The maximum absolute atomic E-state index is 12.3. The first-order valence-corrected chi connectivity index (χ1v) is 22.0. The zero-order valence-corrected chi connectivity index (χ0v) is 36.2. The molecule has 0 aromatic carbocycles. The molecule has 0 saturated heterocycles. The standard InChI is InChI=1S/C42H77N5O13/c1-34(48)35(43)18-16-17-23-44-39(51)32-59-30-29-58-27-25-46-40(52)33-60-31-28-57-26-24-45-37(49)22-21-36(42(55)56)47-38(50)19-14-12-10-8-6-4-2-3-5-7-9-11-13-15-20-41(53)54/h35-36H,2-33,43H2,1H3,(H,44,51)(H,45,49)(H,46,52)(H,47,50)(H,53,54)(H,55,56)/t35-,36-/m0/s1. The summed E-state index contributed by atoms with van der Waals surface area (Å²) in [5.41, 5.74) is 5.67. The monoisotopic (exact) mass is 860 g/mol. The fourth-order valence-electron chi connectivity index (χ4n) is 5.89. The zero-order valence-electron chi connectivity index (χ0n) is 36.2. The molecule has 0 unspecified atom stereocenters. The van der Waals surface area contributed by atoms with Gasteiger partial charge in [0.2, 0.25) is 23.6 Å². The Hall–Kier alpha value is -3.71. The van der Waals surface area contributed by atoms with Crippen LogP contribution in [0.5, 0.6) is 0 Å². The maximum atomic E-state index is 12.3. The highest BCUT2D eigenvalue weighted by atomic mass is 16.5. The van der Waals surface area contributed by atoms with E-state index in [2.05, 4.69) is 21.3 Å². The summed E-state index contributed by atoms with van der Waals surface area (Å²) in [7, 11) is 0. The molecule has 0 aromatic heterocycles. The molecular formula is C42H77N5O13. The Bertz CT molecular complexity index is 1180. The Labute approximate surface area is 356 Å². The summed E-state index contributed by atoms with van der Waals surface area (Å²) in [6.07, 6.45) is 17.5. The lowest BCUT2D eigenvalue weighted by Gasteiger charge is -2.14. The number of carbonyl (C=O) groups is 7. The summed E-state index contributed by atoms with van der Waals surface area (Å²) >= 11 is 0. The second-order valence-electron chi connectivity index (χ2n) is 14.9.